The lowest BCUT2D eigenvalue weighted by molar-refractivity contribution is -0.188. The zero-order chi connectivity index (χ0) is 18.6. The van der Waals surface area contributed by atoms with E-state index < -0.39 is 11.8 Å². The second-order valence-corrected chi connectivity index (χ2v) is 6.15. The van der Waals surface area contributed by atoms with E-state index >= 15 is 0 Å². The summed E-state index contributed by atoms with van der Waals surface area (Å²) >= 11 is 0. The van der Waals surface area contributed by atoms with Crippen LogP contribution < -0.4 is 0 Å². The number of benzene rings is 3. The van der Waals surface area contributed by atoms with Crippen LogP contribution in [0.3, 0.4) is 0 Å². The van der Waals surface area contributed by atoms with Crippen LogP contribution in [0.1, 0.15) is 16.7 Å². The summed E-state index contributed by atoms with van der Waals surface area (Å²) in [5, 5.41) is 0.873. The first-order chi connectivity index (χ1) is 13.3. The van der Waals surface area contributed by atoms with Gasteiger partial charge in [-0.25, -0.2) is 0 Å². The van der Waals surface area contributed by atoms with E-state index in [2.05, 4.69) is 0 Å². The third-order valence-electron chi connectivity index (χ3n) is 4.37. The van der Waals surface area contributed by atoms with E-state index in [0.717, 1.165) is 10.6 Å². The summed E-state index contributed by atoms with van der Waals surface area (Å²) in [7, 11) is 0. The summed E-state index contributed by atoms with van der Waals surface area (Å²) in [6, 6.07) is 27.8. The molecule has 4 nitrogen and oxygen atoms in total. The molecule has 27 heavy (non-hydrogen) atoms. The number of carbonyl (C=O) groups is 2. The zero-order valence-electron chi connectivity index (χ0n) is 14.5. The molecule has 0 aliphatic carbocycles. The predicted molar refractivity (Wildman–Crippen MR) is 103 cm³/mol. The molecule has 0 saturated carbocycles. The molecule has 2 amide bonds. The lowest BCUT2D eigenvalue weighted by Crippen LogP contribution is -2.31. The maximum absolute atomic E-state index is 13.0. The molecule has 3 aromatic rings. The van der Waals surface area contributed by atoms with Gasteiger partial charge in [0.2, 0.25) is 0 Å². The Morgan fingerprint density at radius 1 is 0.593 bits per heavy atom. The third-order valence-corrected chi connectivity index (χ3v) is 4.37. The van der Waals surface area contributed by atoms with Crippen LogP contribution in [0.15, 0.2) is 91.0 Å². The van der Waals surface area contributed by atoms with Gasteiger partial charge >= 0.3 is 0 Å². The van der Waals surface area contributed by atoms with Crippen LogP contribution in [0, 0.1) is 0 Å². The van der Waals surface area contributed by atoms with Crippen molar-refractivity contribution in [1.29, 1.82) is 0 Å². The SMILES string of the molecule is O=C1C(c2ccccc2)=C(c2ccccc2)C(=O)N1OCc1ccccc1. The molecule has 0 saturated heterocycles. The van der Waals surface area contributed by atoms with Crippen molar-refractivity contribution < 1.29 is 14.4 Å². The predicted octanol–water partition coefficient (Wildman–Crippen LogP) is 4.10. The smallest absolute Gasteiger partial charge is 0.266 e. The number of hydrogen-bond acceptors (Lipinski definition) is 3. The minimum atomic E-state index is -0.444. The second-order valence-electron chi connectivity index (χ2n) is 6.15. The summed E-state index contributed by atoms with van der Waals surface area (Å²) in [6.07, 6.45) is 0. The fraction of sp³-hybridized carbons (Fsp3) is 0.0435. The lowest BCUT2D eigenvalue weighted by atomic mass is 9.96. The molecule has 0 N–H and O–H groups in total. The molecule has 0 bridgehead atoms. The van der Waals surface area contributed by atoms with E-state index in [1.54, 1.807) is 0 Å². The normalized spacial score (nSPS) is 14.1. The van der Waals surface area contributed by atoms with E-state index in [1.165, 1.54) is 0 Å². The summed E-state index contributed by atoms with van der Waals surface area (Å²) in [5.41, 5.74) is 2.99. The Morgan fingerprint density at radius 2 is 1.00 bits per heavy atom. The number of hydrogen-bond donors (Lipinski definition) is 0. The van der Waals surface area contributed by atoms with E-state index in [-0.39, 0.29) is 6.61 Å². The molecule has 1 heterocycles. The molecule has 0 radical (unpaired) electrons. The van der Waals surface area contributed by atoms with Crippen LogP contribution in [-0.4, -0.2) is 16.9 Å². The van der Waals surface area contributed by atoms with Crippen LogP contribution >= 0.6 is 0 Å². The van der Waals surface area contributed by atoms with E-state index in [4.69, 9.17) is 4.84 Å². The largest absolute Gasteiger partial charge is 0.286 e. The Kier molecular flexibility index (Phi) is 4.64. The van der Waals surface area contributed by atoms with Gasteiger partial charge in [-0.3, -0.25) is 14.4 Å². The van der Waals surface area contributed by atoms with Crippen molar-refractivity contribution in [2.75, 3.05) is 0 Å². The highest BCUT2D eigenvalue weighted by atomic mass is 16.7. The van der Waals surface area contributed by atoms with Crippen LogP contribution in [0.5, 0.6) is 0 Å². The topological polar surface area (TPSA) is 46.6 Å². The van der Waals surface area contributed by atoms with Crippen molar-refractivity contribution in [3.8, 4) is 0 Å². The standard InChI is InChI=1S/C23H17NO3/c25-22-20(18-12-6-2-7-13-18)21(19-14-8-3-9-15-19)23(26)24(22)27-16-17-10-4-1-5-11-17/h1-15H,16H2. The van der Waals surface area contributed by atoms with Gasteiger partial charge in [0.15, 0.2) is 0 Å². The Balaban J connectivity index is 1.71. The molecule has 4 heteroatoms. The summed E-state index contributed by atoms with van der Waals surface area (Å²) in [6.45, 7) is 0.141. The number of amides is 2. The molecule has 0 unspecified atom stereocenters. The van der Waals surface area contributed by atoms with Crippen molar-refractivity contribution in [2.24, 2.45) is 0 Å². The van der Waals surface area contributed by atoms with E-state index in [0.29, 0.717) is 22.3 Å². The molecule has 0 aromatic heterocycles. The third kappa shape index (κ3) is 3.30. The van der Waals surface area contributed by atoms with Gasteiger partial charge in [-0.2, -0.15) is 0 Å². The van der Waals surface area contributed by atoms with E-state index in [9.17, 15) is 9.59 Å². The molecule has 0 spiro atoms. The first kappa shape index (κ1) is 16.9. The molecule has 1 aliphatic heterocycles. The van der Waals surface area contributed by atoms with Crippen LogP contribution in [0.2, 0.25) is 0 Å². The molecule has 4 rings (SSSR count). The monoisotopic (exact) mass is 355 g/mol. The van der Waals surface area contributed by atoms with Crippen molar-refractivity contribution >= 4 is 23.0 Å². The van der Waals surface area contributed by atoms with Crippen molar-refractivity contribution in [3.05, 3.63) is 108 Å². The van der Waals surface area contributed by atoms with Gasteiger partial charge in [0.05, 0.1) is 11.1 Å². The highest BCUT2D eigenvalue weighted by Crippen LogP contribution is 2.35. The van der Waals surface area contributed by atoms with Crippen LogP contribution in [0.4, 0.5) is 0 Å². The van der Waals surface area contributed by atoms with Gasteiger partial charge in [0, 0.05) is 0 Å². The fourth-order valence-corrected chi connectivity index (χ4v) is 3.09. The molecular formula is C23H17NO3. The molecule has 132 valence electrons. The molecule has 0 atom stereocenters. The first-order valence-electron chi connectivity index (χ1n) is 8.66. The zero-order valence-corrected chi connectivity index (χ0v) is 14.5. The Hall–Kier alpha value is -3.50. The number of hydroxylamine groups is 2. The molecule has 1 aliphatic rings. The highest BCUT2D eigenvalue weighted by molar-refractivity contribution is 6.48. The minimum absolute atomic E-state index is 0.141. The number of rotatable bonds is 5. The summed E-state index contributed by atoms with van der Waals surface area (Å²) < 4.78 is 0. The summed E-state index contributed by atoms with van der Waals surface area (Å²) in [4.78, 5) is 31.7. The van der Waals surface area contributed by atoms with Crippen molar-refractivity contribution in [3.63, 3.8) is 0 Å². The Labute approximate surface area is 157 Å². The van der Waals surface area contributed by atoms with Gasteiger partial charge < -0.3 is 0 Å². The van der Waals surface area contributed by atoms with Gasteiger partial charge in [-0.15, -0.1) is 5.06 Å². The van der Waals surface area contributed by atoms with Gasteiger partial charge in [0.25, 0.3) is 11.8 Å². The van der Waals surface area contributed by atoms with Gasteiger partial charge in [-0.1, -0.05) is 91.0 Å². The van der Waals surface area contributed by atoms with E-state index in [1.807, 2.05) is 91.0 Å². The highest BCUT2D eigenvalue weighted by Gasteiger charge is 2.40. The maximum Gasteiger partial charge on any atom is 0.286 e. The summed E-state index contributed by atoms with van der Waals surface area (Å²) in [5.74, 6) is -0.887. The number of imide groups is 1. The number of carbonyl (C=O) groups excluding carboxylic acids is 2. The Morgan fingerprint density at radius 3 is 1.44 bits per heavy atom. The maximum atomic E-state index is 13.0. The fourth-order valence-electron chi connectivity index (χ4n) is 3.09. The Bertz CT molecular complexity index is 934. The van der Waals surface area contributed by atoms with Gasteiger partial charge in [0.1, 0.15) is 6.61 Å². The van der Waals surface area contributed by atoms with Crippen LogP contribution in [0.25, 0.3) is 11.1 Å². The van der Waals surface area contributed by atoms with Crippen LogP contribution in [-0.2, 0) is 21.0 Å². The average Bonchev–Trinajstić information content (AvgIpc) is 2.98. The molecular weight excluding hydrogens is 338 g/mol. The van der Waals surface area contributed by atoms with Crippen molar-refractivity contribution in [2.45, 2.75) is 6.61 Å². The first-order valence-corrected chi connectivity index (χ1v) is 8.66. The quantitative estimate of drug-likeness (QED) is 0.648. The average molecular weight is 355 g/mol. The molecule has 0 fully saturated rings. The molecule has 3 aromatic carbocycles. The number of nitrogens with zero attached hydrogens (tertiary/aromatic N) is 1. The van der Waals surface area contributed by atoms with Crippen molar-refractivity contribution in [1.82, 2.24) is 5.06 Å². The second kappa shape index (κ2) is 7.40. The van der Waals surface area contributed by atoms with Gasteiger partial charge in [-0.05, 0) is 16.7 Å². The minimum Gasteiger partial charge on any atom is -0.266 e. The lowest BCUT2D eigenvalue weighted by Gasteiger charge is -2.14.